The molecular weight excluding hydrogens is 395 g/mol. The topological polar surface area (TPSA) is 50.8 Å². The standard InChI is InChI=1S/C16H25IN2O3/c1-6-19(7-2)11(3)10-18-16(20)12-8-14(21-4)15(22-5)9-13(12)17/h8-9,11H,6-7,10H2,1-5H3,(H,18,20). The molecule has 0 saturated carbocycles. The van der Waals surface area contributed by atoms with Crippen LogP contribution < -0.4 is 14.8 Å². The van der Waals surface area contributed by atoms with Crippen LogP contribution in [0.4, 0.5) is 0 Å². The summed E-state index contributed by atoms with van der Waals surface area (Å²) in [6, 6.07) is 3.83. The molecule has 124 valence electrons. The molecule has 0 radical (unpaired) electrons. The molecule has 1 aromatic carbocycles. The molecule has 1 atom stereocenters. The van der Waals surface area contributed by atoms with Gasteiger partial charge in [-0.15, -0.1) is 0 Å². The molecule has 0 aliphatic carbocycles. The number of hydrogen-bond acceptors (Lipinski definition) is 4. The third-order valence-corrected chi connectivity index (χ3v) is 4.60. The summed E-state index contributed by atoms with van der Waals surface area (Å²) in [5, 5.41) is 3.00. The van der Waals surface area contributed by atoms with E-state index in [1.807, 2.05) is 6.07 Å². The molecule has 1 amide bonds. The van der Waals surface area contributed by atoms with Gasteiger partial charge in [0.2, 0.25) is 0 Å². The monoisotopic (exact) mass is 420 g/mol. The van der Waals surface area contributed by atoms with Crippen LogP contribution in [0.3, 0.4) is 0 Å². The lowest BCUT2D eigenvalue weighted by atomic mass is 10.1. The van der Waals surface area contributed by atoms with Crippen LogP contribution in [0, 0.1) is 3.57 Å². The average Bonchev–Trinajstić information content (AvgIpc) is 2.53. The lowest BCUT2D eigenvalue weighted by Crippen LogP contribution is -2.42. The van der Waals surface area contributed by atoms with Crippen LogP contribution >= 0.6 is 22.6 Å². The molecule has 0 bridgehead atoms. The van der Waals surface area contributed by atoms with E-state index in [-0.39, 0.29) is 5.91 Å². The van der Waals surface area contributed by atoms with Gasteiger partial charge in [-0.2, -0.15) is 0 Å². The van der Waals surface area contributed by atoms with Crippen LogP contribution in [0.2, 0.25) is 0 Å². The summed E-state index contributed by atoms with van der Waals surface area (Å²) in [7, 11) is 3.15. The van der Waals surface area contributed by atoms with Gasteiger partial charge in [-0.25, -0.2) is 0 Å². The third kappa shape index (κ3) is 4.74. The van der Waals surface area contributed by atoms with Gasteiger partial charge in [-0.05, 0) is 54.7 Å². The highest BCUT2D eigenvalue weighted by Gasteiger charge is 2.17. The minimum Gasteiger partial charge on any atom is -0.493 e. The molecule has 0 spiro atoms. The van der Waals surface area contributed by atoms with Gasteiger partial charge in [-0.1, -0.05) is 13.8 Å². The van der Waals surface area contributed by atoms with E-state index in [9.17, 15) is 4.79 Å². The molecule has 5 nitrogen and oxygen atoms in total. The fourth-order valence-electron chi connectivity index (χ4n) is 2.34. The number of rotatable bonds is 8. The SMILES string of the molecule is CCN(CC)C(C)CNC(=O)c1cc(OC)c(OC)cc1I. The van der Waals surface area contributed by atoms with E-state index in [2.05, 4.69) is 53.6 Å². The Labute approximate surface area is 146 Å². The second-order valence-electron chi connectivity index (χ2n) is 4.97. The number of hydrogen-bond donors (Lipinski definition) is 1. The van der Waals surface area contributed by atoms with Crippen LogP contribution in [0.15, 0.2) is 12.1 Å². The number of methoxy groups -OCH3 is 2. The van der Waals surface area contributed by atoms with Crippen molar-refractivity contribution in [2.45, 2.75) is 26.8 Å². The number of nitrogens with one attached hydrogen (secondary N) is 1. The van der Waals surface area contributed by atoms with Crippen molar-refractivity contribution in [1.82, 2.24) is 10.2 Å². The number of likely N-dealkylation sites (N-methyl/N-ethyl adjacent to an activating group) is 1. The first-order valence-corrected chi connectivity index (χ1v) is 8.50. The fraction of sp³-hybridized carbons (Fsp3) is 0.562. The summed E-state index contributed by atoms with van der Waals surface area (Å²) in [6.45, 7) is 8.93. The second kappa shape index (κ2) is 9.19. The Morgan fingerprint density at radius 2 is 1.77 bits per heavy atom. The highest BCUT2D eigenvalue weighted by molar-refractivity contribution is 14.1. The van der Waals surface area contributed by atoms with Crippen molar-refractivity contribution in [2.24, 2.45) is 0 Å². The number of carbonyl (C=O) groups is 1. The van der Waals surface area contributed by atoms with Crippen molar-refractivity contribution >= 4 is 28.5 Å². The zero-order valence-corrected chi connectivity index (χ0v) is 16.1. The summed E-state index contributed by atoms with van der Waals surface area (Å²) in [5.41, 5.74) is 0.602. The molecule has 0 aromatic heterocycles. The normalized spacial score (nSPS) is 12.1. The summed E-state index contributed by atoms with van der Waals surface area (Å²) in [5.74, 6) is 1.09. The molecule has 0 aliphatic heterocycles. The minimum absolute atomic E-state index is 0.0932. The molecule has 22 heavy (non-hydrogen) atoms. The predicted molar refractivity (Wildman–Crippen MR) is 97.0 cm³/mol. The Morgan fingerprint density at radius 1 is 1.23 bits per heavy atom. The summed E-state index contributed by atoms with van der Waals surface area (Å²) < 4.78 is 11.3. The molecule has 6 heteroatoms. The largest absolute Gasteiger partial charge is 0.493 e. The summed E-state index contributed by atoms with van der Waals surface area (Å²) >= 11 is 2.14. The van der Waals surface area contributed by atoms with Crippen molar-refractivity contribution in [3.63, 3.8) is 0 Å². The van der Waals surface area contributed by atoms with E-state index >= 15 is 0 Å². The van der Waals surface area contributed by atoms with Crippen LogP contribution in [-0.2, 0) is 0 Å². The Hall–Kier alpha value is -1.02. The molecular formula is C16H25IN2O3. The number of nitrogens with zero attached hydrogens (tertiary/aromatic N) is 1. The predicted octanol–water partition coefficient (Wildman–Crippen LogP) is 2.77. The number of benzene rings is 1. The van der Waals surface area contributed by atoms with E-state index in [4.69, 9.17) is 9.47 Å². The fourth-order valence-corrected chi connectivity index (χ4v) is 3.02. The van der Waals surface area contributed by atoms with Gasteiger partial charge in [0.1, 0.15) is 0 Å². The van der Waals surface area contributed by atoms with E-state index in [0.717, 1.165) is 16.7 Å². The molecule has 1 aromatic rings. The third-order valence-electron chi connectivity index (χ3n) is 3.71. The van der Waals surface area contributed by atoms with Gasteiger partial charge in [0, 0.05) is 16.2 Å². The van der Waals surface area contributed by atoms with Crippen LogP contribution in [0.25, 0.3) is 0 Å². The molecule has 1 N–H and O–H groups in total. The zero-order valence-electron chi connectivity index (χ0n) is 13.9. The number of ether oxygens (including phenoxy) is 2. The lowest BCUT2D eigenvalue weighted by Gasteiger charge is -2.26. The molecule has 1 unspecified atom stereocenters. The van der Waals surface area contributed by atoms with Crippen LogP contribution in [0.1, 0.15) is 31.1 Å². The van der Waals surface area contributed by atoms with Gasteiger partial charge in [0.25, 0.3) is 5.91 Å². The van der Waals surface area contributed by atoms with Crippen molar-refractivity contribution in [2.75, 3.05) is 33.9 Å². The van der Waals surface area contributed by atoms with E-state index in [0.29, 0.717) is 29.6 Å². The summed E-state index contributed by atoms with van der Waals surface area (Å²) in [4.78, 5) is 14.7. The number of halogens is 1. The number of carbonyl (C=O) groups excluding carboxylic acids is 1. The highest BCUT2D eigenvalue weighted by Crippen LogP contribution is 2.31. The van der Waals surface area contributed by atoms with Crippen molar-refractivity contribution in [1.29, 1.82) is 0 Å². The first-order chi connectivity index (χ1) is 10.5. The zero-order chi connectivity index (χ0) is 16.7. The van der Waals surface area contributed by atoms with Crippen molar-refractivity contribution in [3.8, 4) is 11.5 Å². The van der Waals surface area contributed by atoms with Gasteiger partial charge >= 0.3 is 0 Å². The van der Waals surface area contributed by atoms with Gasteiger partial charge in [-0.3, -0.25) is 9.69 Å². The molecule has 0 heterocycles. The first kappa shape index (κ1) is 19.0. The molecule has 0 fully saturated rings. The molecule has 0 aliphatic rings. The maximum atomic E-state index is 12.4. The lowest BCUT2D eigenvalue weighted by molar-refractivity contribution is 0.0936. The average molecular weight is 420 g/mol. The Balaban J connectivity index is 2.81. The molecule has 0 saturated heterocycles. The Morgan fingerprint density at radius 3 is 2.27 bits per heavy atom. The Kier molecular flexibility index (Phi) is 7.95. The number of amides is 1. The van der Waals surface area contributed by atoms with Gasteiger partial charge < -0.3 is 14.8 Å². The van der Waals surface area contributed by atoms with E-state index < -0.39 is 0 Å². The van der Waals surface area contributed by atoms with Gasteiger partial charge in [0.15, 0.2) is 11.5 Å². The Bertz CT molecular complexity index is 504. The van der Waals surface area contributed by atoms with E-state index in [1.54, 1.807) is 20.3 Å². The maximum absolute atomic E-state index is 12.4. The van der Waals surface area contributed by atoms with Crippen molar-refractivity contribution < 1.29 is 14.3 Å². The maximum Gasteiger partial charge on any atom is 0.252 e. The van der Waals surface area contributed by atoms with Gasteiger partial charge in [0.05, 0.1) is 19.8 Å². The van der Waals surface area contributed by atoms with Crippen LogP contribution in [-0.4, -0.2) is 50.7 Å². The smallest absolute Gasteiger partial charge is 0.252 e. The molecule has 1 rings (SSSR count). The second-order valence-corrected chi connectivity index (χ2v) is 6.13. The summed E-state index contributed by atoms with van der Waals surface area (Å²) in [6.07, 6.45) is 0. The first-order valence-electron chi connectivity index (χ1n) is 7.42. The van der Waals surface area contributed by atoms with E-state index in [1.165, 1.54) is 0 Å². The highest BCUT2D eigenvalue weighted by atomic mass is 127. The quantitative estimate of drug-likeness (QED) is 0.658. The van der Waals surface area contributed by atoms with Crippen LogP contribution in [0.5, 0.6) is 11.5 Å². The minimum atomic E-state index is -0.0932. The van der Waals surface area contributed by atoms with Crippen molar-refractivity contribution in [3.05, 3.63) is 21.3 Å².